The molecule has 0 amide bonds. The molecule has 0 radical (unpaired) electrons. The van der Waals surface area contributed by atoms with Crippen LogP contribution in [0.2, 0.25) is 0 Å². The molecule has 102 valence electrons. The molecule has 2 atom stereocenters. The van der Waals surface area contributed by atoms with Gasteiger partial charge in [0.05, 0.1) is 12.6 Å². The van der Waals surface area contributed by atoms with Crippen LogP contribution in [0.4, 0.5) is 5.82 Å². The first kappa shape index (κ1) is 13.7. The number of aromatic nitrogens is 2. The molecule has 2 rings (SSSR count). The zero-order valence-corrected chi connectivity index (χ0v) is 11.1. The van der Waals surface area contributed by atoms with E-state index < -0.39 is 14.4 Å². The first-order valence-electron chi connectivity index (χ1n) is 5.77. The van der Waals surface area contributed by atoms with Crippen molar-refractivity contribution in [2.24, 2.45) is 0 Å². The van der Waals surface area contributed by atoms with Gasteiger partial charge in [0.15, 0.2) is 0 Å². The lowest BCUT2D eigenvalue weighted by atomic mass is 10.2. The molecule has 0 bridgehead atoms. The molecule has 1 fully saturated rings. The highest BCUT2D eigenvalue weighted by Crippen LogP contribution is 2.27. The van der Waals surface area contributed by atoms with Gasteiger partial charge in [0, 0.05) is 6.20 Å². The highest BCUT2D eigenvalue weighted by atomic mass is 31.1. The summed E-state index contributed by atoms with van der Waals surface area (Å²) < 4.78 is 22.2. The summed E-state index contributed by atoms with van der Waals surface area (Å²) in [6.07, 6.45) is 2.65. The normalized spacial score (nSPS) is 22.5. The Kier molecular flexibility index (Phi) is 4.29. The second-order valence-electron chi connectivity index (χ2n) is 4.24. The molecule has 19 heavy (non-hydrogen) atoms. The Morgan fingerprint density at radius 2 is 2.47 bits per heavy atom. The minimum atomic E-state index is -0.442. The highest BCUT2D eigenvalue weighted by molar-refractivity contribution is 7.17. The largest absolute Gasteiger partial charge is 0.410 e. The molecule has 8 heteroatoms. The maximum atomic E-state index is 11.6. The maximum absolute atomic E-state index is 11.6. The first-order chi connectivity index (χ1) is 9.10. The SMILES string of the molecule is C=C(OP=O)[C@@H]1CC[C@H](Cn2ccc(N)nc2=O)O1. The third-order valence-corrected chi connectivity index (χ3v) is 3.23. The second kappa shape index (κ2) is 5.95. The van der Waals surface area contributed by atoms with E-state index in [9.17, 15) is 9.36 Å². The molecule has 1 aromatic heterocycles. The summed E-state index contributed by atoms with van der Waals surface area (Å²) in [4.78, 5) is 15.2. The number of anilines is 1. The van der Waals surface area contributed by atoms with E-state index in [1.807, 2.05) is 0 Å². The Labute approximate surface area is 111 Å². The average molecular weight is 283 g/mol. The van der Waals surface area contributed by atoms with E-state index in [1.165, 1.54) is 4.57 Å². The number of nitrogen functional groups attached to an aromatic ring is 1. The van der Waals surface area contributed by atoms with Gasteiger partial charge in [0.25, 0.3) is 0 Å². The van der Waals surface area contributed by atoms with Gasteiger partial charge in [-0.3, -0.25) is 4.57 Å². The molecule has 1 aliphatic rings. The van der Waals surface area contributed by atoms with Crippen molar-refractivity contribution < 1.29 is 13.8 Å². The van der Waals surface area contributed by atoms with E-state index in [4.69, 9.17) is 15.0 Å². The van der Waals surface area contributed by atoms with Crippen molar-refractivity contribution in [1.82, 2.24) is 9.55 Å². The Bertz CT molecular complexity index is 545. The third-order valence-electron chi connectivity index (χ3n) is 2.92. The standard InChI is InChI=1S/C11H14N3O4P/c1-7(18-19-16)9-3-2-8(17-9)6-14-5-4-10(12)13-11(14)15/h4-5,8-9H,1-3,6H2,(H2,12,13,15)/t8-,9+/m1/s1. The summed E-state index contributed by atoms with van der Waals surface area (Å²) in [7, 11) is -0.442. The molecule has 2 heterocycles. The predicted octanol–water partition coefficient (Wildman–Crippen LogP) is 1.11. The Balaban J connectivity index is 1.96. The van der Waals surface area contributed by atoms with Crippen molar-refractivity contribution in [2.75, 3.05) is 5.73 Å². The summed E-state index contributed by atoms with van der Waals surface area (Å²) in [5.74, 6) is 0.532. The van der Waals surface area contributed by atoms with Crippen LogP contribution >= 0.6 is 8.69 Å². The van der Waals surface area contributed by atoms with Crippen LogP contribution < -0.4 is 11.4 Å². The van der Waals surface area contributed by atoms with E-state index in [0.717, 1.165) is 12.8 Å². The van der Waals surface area contributed by atoms with Gasteiger partial charge in [-0.1, -0.05) is 6.58 Å². The van der Waals surface area contributed by atoms with E-state index in [2.05, 4.69) is 11.6 Å². The maximum Gasteiger partial charge on any atom is 0.395 e. The number of nitrogens with zero attached hydrogens (tertiary/aromatic N) is 2. The highest BCUT2D eigenvalue weighted by Gasteiger charge is 2.28. The van der Waals surface area contributed by atoms with Crippen LogP contribution in [0.1, 0.15) is 12.8 Å². The summed E-state index contributed by atoms with van der Waals surface area (Å²) in [6.45, 7) is 4.04. The number of nitrogens with two attached hydrogens (primary N) is 1. The number of rotatable bonds is 5. The fourth-order valence-corrected chi connectivity index (χ4v) is 2.20. The van der Waals surface area contributed by atoms with Crippen molar-refractivity contribution in [1.29, 1.82) is 0 Å². The van der Waals surface area contributed by atoms with Gasteiger partial charge in [-0.15, -0.1) is 0 Å². The molecular weight excluding hydrogens is 269 g/mol. The molecular formula is C11H14N3O4P. The molecule has 1 aromatic rings. The molecule has 0 unspecified atom stereocenters. The minimum absolute atomic E-state index is 0.128. The van der Waals surface area contributed by atoms with E-state index in [1.54, 1.807) is 12.3 Å². The van der Waals surface area contributed by atoms with Gasteiger partial charge >= 0.3 is 14.4 Å². The van der Waals surface area contributed by atoms with Crippen LogP contribution in [0.15, 0.2) is 29.4 Å². The zero-order chi connectivity index (χ0) is 13.8. The fraction of sp³-hybridized carbons (Fsp3) is 0.455. The molecule has 1 saturated heterocycles. The number of hydrogen-bond acceptors (Lipinski definition) is 6. The van der Waals surface area contributed by atoms with Crippen molar-refractivity contribution in [3.8, 4) is 0 Å². The van der Waals surface area contributed by atoms with Gasteiger partial charge in [-0.05, 0) is 18.9 Å². The van der Waals surface area contributed by atoms with Gasteiger partial charge in [0.1, 0.15) is 17.7 Å². The second-order valence-corrected chi connectivity index (χ2v) is 4.58. The molecule has 7 nitrogen and oxygen atoms in total. The van der Waals surface area contributed by atoms with E-state index in [-0.39, 0.29) is 18.0 Å². The molecule has 0 aliphatic carbocycles. The molecule has 0 saturated carbocycles. The van der Waals surface area contributed by atoms with Crippen molar-refractivity contribution in [2.45, 2.75) is 31.6 Å². The topological polar surface area (TPSA) is 96.4 Å². The van der Waals surface area contributed by atoms with E-state index in [0.29, 0.717) is 12.3 Å². The zero-order valence-electron chi connectivity index (χ0n) is 10.2. The van der Waals surface area contributed by atoms with Crippen LogP contribution in [0.25, 0.3) is 0 Å². The van der Waals surface area contributed by atoms with Gasteiger partial charge < -0.3 is 15.0 Å². The monoisotopic (exact) mass is 283 g/mol. The number of ether oxygens (including phenoxy) is 1. The van der Waals surface area contributed by atoms with Crippen LogP contribution in [0, 0.1) is 0 Å². The number of hydrogen-bond donors (Lipinski definition) is 1. The Morgan fingerprint density at radius 3 is 3.16 bits per heavy atom. The lowest BCUT2D eigenvalue weighted by Gasteiger charge is -2.14. The minimum Gasteiger partial charge on any atom is -0.410 e. The summed E-state index contributed by atoms with van der Waals surface area (Å²) >= 11 is 0. The third kappa shape index (κ3) is 3.39. The summed E-state index contributed by atoms with van der Waals surface area (Å²) in [6, 6.07) is 1.56. The quantitative estimate of drug-likeness (QED) is 0.642. The van der Waals surface area contributed by atoms with Gasteiger partial charge in [-0.25, -0.2) is 9.36 Å². The van der Waals surface area contributed by atoms with Crippen molar-refractivity contribution in [3.63, 3.8) is 0 Å². The predicted molar refractivity (Wildman–Crippen MR) is 68.6 cm³/mol. The molecule has 1 aliphatic heterocycles. The van der Waals surface area contributed by atoms with Crippen LogP contribution in [-0.2, 0) is 20.4 Å². The summed E-state index contributed by atoms with van der Waals surface area (Å²) in [5, 5.41) is 0. The Morgan fingerprint density at radius 1 is 1.68 bits per heavy atom. The fourth-order valence-electron chi connectivity index (χ4n) is 1.98. The van der Waals surface area contributed by atoms with E-state index >= 15 is 0 Å². The van der Waals surface area contributed by atoms with Gasteiger partial charge in [-0.2, -0.15) is 4.98 Å². The lowest BCUT2D eigenvalue weighted by Crippen LogP contribution is -2.28. The van der Waals surface area contributed by atoms with Crippen molar-refractivity contribution >= 4 is 14.5 Å². The summed E-state index contributed by atoms with van der Waals surface area (Å²) in [5.41, 5.74) is 5.01. The van der Waals surface area contributed by atoms with Crippen LogP contribution in [0.5, 0.6) is 0 Å². The molecule has 0 aromatic carbocycles. The van der Waals surface area contributed by atoms with Crippen LogP contribution in [-0.4, -0.2) is 21.8 Å². The van der Waals surface area contributed by atoms with Crippen LogP contribution in [0.3, 0.4) is 0 Å². The van der Waals surface area contributed by atoms with Gasteiger partial charge in [0.2, 0.25) is 0 Å². The first-order valence-corrected chi connectivity index (χ1v) is 6.50. The van der Waals surface area contributed by atoms with Crippen molar-refractivity contribution in [3.05, 3.63) is 35.1 Å². The molecule has 0 spiro atoms. The molecule has 2 N–H and O–H groups in total. The smallest absolute Gasteiger partial charge is 0.395 e. The lowest BCUT2D eigenvalue weighted by molar-refractivity contribution is 0.0378. The average Bonchev–Trinajstić information content (AvgIpc) is 2.82. The Hall–Kier alpha value is -1.72.